The topological polar surface area (TPSA) is 154 Å². The van der Waals surface area contributed by atoms with Crippen molar-refractivity contribution in [2.24, 2.45) is 5.41 Å². The molecule has 0 aromatic heterocycles. The van der Waals surface area contributed by atoms with E-state index in [2.05, 4.69) is 16.0 Å². The first-order valence-electron chi connectivity index (χ1n) is 16.4. The number of nitrogens with zero attached hydrogens (tertiary/aromatic N) is 1. The van der Waals surface area contributed by atoms with Crippen LogP contribution in [0.4, 0.5) is 10.5 Å². The number of hydrogen-bond acceptors (Lipinski definition) is 7. The average Bonchev–Trinajstić information content (AvgIpc) is 3.45. The molecule has 0 saturated carbocycles. The molecule has 4 rings (SSSR count). The first-order valence-corrected chi connectivity index (χ1v) is 16.4. The molecule has 1 fully saturated rings. The van der Waals surface area contributed by atoms with E-state index in [4.69, 9.17) is 4.74 Å². The Bertz CT molecular complexity index is 1620. The molecule has 1 saturated heterocycles. The second kappa shape index (κ2) is 16.4. The van der Waals surface area contributed by atoms with Crippen LogP contribution in [0.1, 0.15) is 62.5 Å². The molecule has 4 amide bonds. The standard InChI is InChI=1S/C38H46N4O7/c1-24(43)28-17-12-18-30(21-28)42-23-33(49-37(42)48)35(46)41-31(20-27-15-10-7-11-16-27)32(45)22-29(19-26-13-8-6-9-14-26)40-36(47)34(38(3,4)5)39-25(2)44/h6-18,21,29,31-34,45H,19-20,22-23H2,1-5H3,(H,39,44)(H,40,47)(H,41,46)/t29-,31-,32-,33?,34+/m0/s1. The Hall–Kier alpha value is -5.03. The van der Waals surface area contributed by atoms with Crippen molar-refractivity contribution in [1.29, 1.82) is 0 Å². The predicted molar refractivity (Wildman–Crippen MR) is 186 cm³/mol. The Morgan fingerprint density at radius 3 is 2.04 bits per heavy atom. The predicted octanol–water partition coefficient (Wildman–Crippen LogP) is 3.97. The summed E-state index contributed by atoms with van der Waals surface area (Å²) in [6.07, 6.45) is -2.29. The van der Waals surface area contributed by atoms with E-state index in [-0.39, 0.29) is 37.0 Å². The number of ketones is 1. The maximum Gasteiger partial charge on any atom is 0.415 e. The van der Waals surface area contributed by atoms with E-state index >= 15 is 0 Å². The van der Waals surface area contributed by atoms with Crippen molar-refractivity contribution in [2.45, 2.75) is 84.2 Å². The van der Waals surface area contributed by atoms with Crippen molar-refractivity contribution in [2.75, 3.05) is 11.4 Å². The van der Waals surface area contributed by atoms with Gasteiger partial charge in [-0.2, -0.15) is 0 Å². The highest BCUT2D eigenvalue weighted by Crippen LogP contribution is 2.24. The van der Waals surface area contributed by atoms with Gasteiger partial charge in [-0.25, -0.2) is 4.79 Å². The van der Waals surface area contributed by atoms with Gasteiger partial charge in [-0.15, -0.1) is 0 Å². The molecule has 11 heteroatoms. The van der Waals surface area contributed by atoms with Crippen molar-refractivity contribution < 1.29 is 33.8 Å². The van der Waals surface area contributed by atoms with E-state index in [9.17, 15) is 29.1 Å². The van der Waals surface area contributed by atoms with Crippen LogP contribution in [0.15, 0.2) is 84.9 Å². The van der Waals surface area contributed by atoms with Gasteiger partial charge in [0.2, 0.25) is 11.8 Å². The fourth-order valence-corrected chi connectivity index (χ4v) is 5.84. The van der Waals surface area contributed by atoms with Crippen LogP contribution in [-0.4, -0.2) is 71.6 Å². The van der Waals surface area contributed by atoms with E-state index in [1.54, 1.807) is 24.3 Å². The maximum atomic E-state index is 13.6. The number of aliphatic hydroxyl groups is 1. The third-order valence-corrected chi connectivity index (χ3v) is 8.43. The maximum absolute atomic E-state index is 13.6. The summed E-state index contributed by atoms with van der Waals surface area (Å²) in [6.45, 7) is 8.28. The van der Waals surface area contributed by atoms with Gasteiger partial charge >= 0.3 is 6.09 Å². The minimum atomic E-state index is -1.16. The van der Waals surface area contributed by atoms with Crippen LogP contribution in [0, 0.1) is 5.41 Å². The second-order valence-electron chi connectivity index (χ2n) is 13.6. The quantitative estimate of drug-likeness (QED) is 0.189. The molecule has 1 aliphatic heterocycles. The summed E-state index contributed by atoms with van der Waals surface area (Å²) in [5, 5.41) is 20.5. The van der Waals surface area contributed by atoms with Crippen LogP contribution in [0.2, 0.25) is 0 Å². The number of hydrogen-bond donors (Lipinski definition) is 4. The van der Waals surface area contributed by atoms with Gasteiger partial charge in [0.15, 0.2) is 11.9 Å². The lowest BCUT2D eigenvalue weighted by atomic mass is 9.85. The molecule has 0 spiro atoms. The molecule has 1 unspecified atom stereocenters. The van der Waals surface area contributed by atoms with Gasteiger partial charge in [0.1, 0.15) is 6.04 Å². The summed E-state index contributed by atoms with van der Waals surface area (Å²) in [5.74, 6) is -1.46. The molecule has 3 aromatic carbocycles. The largest absolute Gasteiger partial charge is 0.434 e. The Labute approximate surface area is 287 Å². The number of carbonyl (C=O) groups is 5. The molecule has 49 heavy (non-hydrogen) atoms. The number of carbonyl (C=O) groups excluding carboxylic acids is 5. The van der Waals surface area contributed by atoms with Gasteiger partial charge in [0.25, 0.3) is 5.91 Å². The van der Waals surface area contributed by atoms with E-state index in [0.29, 0.717) is 17.7 Å². The monoisotopic (exact) mass is 670 g/mol. The summed E-state index contributed by atoms with van der Waals surface area (Å²) in [5.41, 5.74) is 2.06. The van der Waals surface area contributed by atoms with E-state index < -0.39 is 47.7 Å². The number of cyclic esters (lactones) is 1. The van der Waals surface area contributed by atoms with E-state index in [1.165, 1.54) is 18.7 Å². The van der Waals surface area contributed by atoms with E-state index in [1.807, 2.05) is 81.4 Å². The molecule has 1 heterocycles. The number of rotatable bonds is 14. The molecule has 0 aliphatic carbocycles. The number of aliphatic hydroxyl groups excluding tert-OH is 1. The van der Waals surface area contributed by atoms with Gasteiger partial charge in [0, 0.05) is 24.2 Å². The lowest BCUT2D eigenvalue weighted by molar-refractivity contribution is -0.131. The molecular formula is C38H46N4O7. The summed E-state index contributed by atoms with van der Waals surface area (Å²) in [6, 6.07) is 23.2. The van der Waals surface area contributed by atoms with Gasteiger partial charge < -0.3 is 25.8 Å². The minimum Gasteiger partial charge on any atom is -0.434 e. The summed E-state index contributed by atoms with van der Waals surface area (Å²) in [7, 11) is 0. The molecule has 3 aromatic rings. The summed E-state index contributed by atoms with van der Waals surface area (Å²) >= 11 is 0. The SMILES string of the molecule is CC(=O)N[C@H](C(=O)N[C@@H](Cc1ccccc1)C[C@H](O)[C@H](Cc1ccccc1)NC(=O)C1CN(c2cccc(C(C)=O)c2)C(=O)O1)C(C)(C)C. The zero-order valence-electron chi connectivity index (χ0n) is 28.6. The molecule has 4 N–H and O–H groups in total. The van der Waals surface area contributed by atoms with Crippen LogP contribution in [0.5, 0.6) is 0 Å². The molecule has 0 radical (unpaired) electrons. The van der Waals surface area contributed by atoms with Crippen molar-refractivity contribution in [1.82, 2.24) is 16.0 Å². The number of Topliss-reactive ketones (excluding diaryl/α,β-unsaturated/α-hetero) is 1. The molecule has 0 bridgehead atoms. The zero-order chi connectivity index (χ0) is 35.7. The highest BCUT2D eigenvalue weighted by atomic mass is 16.6. The minimum absolute atomic E-state index is 0.0732. The number of benzene rings is 3. The first kappa shape index (κ1) is 36.8. The normalized spacial score (nSPS) is 16.9. The summed E-state index contributed by atoms with van der Waals surface area (Å²) < 4.78 is 5.44. The number of ether oxygens (including phenoxy) is 1. The third-order valence-electron chi connectivity index (χ3n) is 8.43. The number of amides is 4. The molecule has 11 nitrogen and oxygen atoms in total. The average molecular weight is 671 g/mol. The van der Waals surface area contributed by atoms with Crippen LogP contribution < -0.4 is 20.9 Å². The van der Waals surface area contributed by atoms with Crippen molar-refractivity contribution in [3.8, 4) is 0 Å². The smallest absolute Gasteiger partial charge is 0.415 e. The van der Waals surface area contributed by atoms with E-state index in [0.717, 1.165) is 11.1 Å². The van der Waals surface area contributed by atoms with Crippen molar-refractivity contribution in [3.63, 3.8) is 0 Å². The first-order chi connectivity index (χ1) is 23.2. The lowest BCUT2D eigenvalue weighted by Gasteiger charge is -2.33. The summed E-state index contributed by atoms with van der Waals surface area (Å²) in [4.78, 5) is 65.2. The van der Waals surface area contributed by atoms with Gasteiger partial charge in [-0.1, -0.05) is 93.6 Å². The fraction of sp³-hybridized carbons (Fsp3) is 0.395. The molecule has 260 valence electrons. The van der Waals surface area contributed by atoms with Gasteiger partial charge in [-0.3, -0.25) is 24.1 Å². The Morgan fingerprint density at radius 2 is 1.47 bits per heavy atom. The highest BCUT2D eigenvalue weighted by Gasteiger charge is 2.39. The Morgan fingerprint density at radius 1 is 0.857 bits per heavy atom. The zero-order valence-corrected chi connectivity index (χ0v) is 28.6. The van der Waals surface area contributed by atoms with Crippen molar-refractivity contribution in [3.05, 3.63) is 102 Å². The van der Waals surface area contributed by atoms with Gasteiger partial charge in [-0.05, 0) is 54.9 Å². The number of anilines is 1. The highest BCUT2D eigenvalue weighted by molar-refractivity contribution is 5.99. The second-order valence-corrected chi connectivity index (χ2v) is 13.6. The lowest BCUT2D eigenvalue weighted by Crippen LogP contribution is -2.56. The Kier molecular flexibility index (Phi) is 12.3. The van der Waals surface area contributed by atoms with Crippen LogP contribution in [0.3, 0.4) is 0 Å². The van der Waals surface area contributed by atoms with Crippen LogP contribution in [0.25, 0.3) is 0 Å². The number of nitrogens with one attached hydrogen (secondary N) is 3. The molecular weight excluding hydrogens is 624 g/mol. The van der Waals surface area contributed by atoms with Crippen LogP contribution in [-0.2, 0) is 32.0 Å². The third kappa shape index (κ3) is 10.5. The Balaban J connectivity index is 1.55. The van der Waals surface area contributed by atoms with Crippen LogP contribution >= 0.6 is 0 Å². The van der Waals surface area contributed by atoms with Gasteiger partial charge in [0.05, 0.1) is 18.7 Å². The molecule has 1 aliphatic rings. The fourth-order valence-electron chi connectivity index (χ4n) is 5.84. The van der Waals surface area contributed by atoms with Crippen molar-refractivity contribution >= 4 is 35.3 Å². The molecule has 5 atom stereocenters.